The quantitative estimate of drug-likeness (QED) is 0.508. The summed E-state index contributed by atoms with van der Waals surface area (Å²) in [5.74, 6) is 8.14. The fourth-order valence-corrected chi connectivity index (χ4v) is 3.72. The van der Waals surface area contributed by atoms with Crippen molar-refractivity contribution in [3.05, 3.63) is 35.7 Å². The van der Waals surface area contributed by atoms with Crippen molar-refractivity contribution in [1.82, 2.24) is 19.8 Å². The van der Waals surface area contributed by atoms with Gasteiger partial charge in [0.2, 0.25) is 11.1 Å². The van der Waals surface area contributed by atoms with Gasteiger partial charge < -0.3 is 15.5 Å². The highest BCUT2D eigenvalue weighted by Crippen LogP contribution is 2.20. The number of nitrogens with two attached hydrogens (primary N) is 1. The van der Waals surface area contributed by atoms with Gasteiger partial charge in [-0.15, -0.1) is 10.2 Å². The lowest BCUT2D eigenvalue weighted by atomic mass is 10.0. The number of thioether (sulfide) groups is 1. The molecule has 154 valence electrons. The number of carbonyl (C=O) groups excluding carboxylic acids is 1. The van der Waals surface area contributed by atoms with Gasteiger partial charge in [-0.05, 0) is 51.3 Å². The lowest BCUT2D eigenvalue weighted by Gasteiger charge is -2.30. The molecular weight excluding hydrogens is 374 g/mol. The Bertz CT molecular complexity index is 763. The van der Waals surface area contributed by atoms with E-state index in [1.165, 1.54) is 22.0 Å². The molecule has 0 saturated carbocycles. The number of benzene rings is 1. The topological polar surface area (TPSA) is 86.3 Å². The molecule has 1 heterocycles. The fourth-order valence-electron chi connectivity index (χ4n) is 2.97. The molecule has 0 fully saturated rings. The normalized spacial score (nSPS) is 11.5. The monoisotopic (exact) mass is 405 g/mol. The molecule has 1 aromatic heterocycles. The minimum Gasteiger partial charge on any atom is -0.486 e. The minimum atomic E-state index is 0.0565. The maximum Gasteiger partial charge on any atom is 0.233 e. The van der Waals surface area contributed by atoms with Gasteiger partial charge in [0, 0.05) is 12.1 Å². The molecule has 0 aliphatic rings. The van der Waals surface area contributed by atoms with Gasteiger partial charge in [-0.1, -0.05) is 37.7 Å². The SMILES string of the molecule is CC(C)c1ccc(OCc2nnc(SCC(=O)N(C(C)C)C(C)C)n2N)cc1. The number of hydrogen-bond acceptors (Lipinski definition) is 6. The molecule has 8 heteroatoms. The van der Waals surface area contributed by atoms with Crippen molar-refractivity contribution in [1.29, 1.82) is 0 Å². The van der Waals surface area contributed by atoms with Crippen LogP contribution in [0.4, 0.5) is 0 Å². The van der Waals surface area contributed by atoms with Crippen LogP contribution >= 0.6 is 11.8 Å². The van der Waals surface area contributed by atoms with Crippen molar-refractivity contribution < 1.29 is 9.53 Å². The van der Waals surface area contributed by atoms with E-state index in [4.69, 9.17) is 10.6 Å². The van der Waals surface area contributed by atoms with E-state index in [9.17, 15) is 4.79 Å². The Balaban J connectivity index is 1.93. The van der Waals surface area contributed by atoms with Gasteiger partial charge in [0.25, 0.3) is 0 Å². The number of amides is 1. The summed E-state index contributed by atoms with van der Waals surface area (Å²) in [6.07, 6.45) is 0. The van der Waals surface area contributed by atoms with E-state index in [0.29, 0.717) is 16.9 Å². The second-order valence-electron chi connectivity index (χ2n) is 7.56. The van der Waals surface area contributed by atoms with E-state index in [1.807, 2.05) is 44.7 Å². The standard InChI is InChI=1S/C20H31N5O2S/c1-13(2)16-7-9-17(10-8-16)27-11-18-22-23-20(25(18)21)28-12-19(26)24(14(3)4)15(5)6/h7-10,13-15H,11-12,21H2,1-6H3. The Kier molecular flexibility index (Phi) is 7.74. The third-order valence-corrected chi connectivity index (χ3v) is 5.30. The van der Waals surface area contributed by atoms with Crippen molar-refractivity contribution in [3.63, 3.8) is 0 Å². The van der Waals surface area contributed by atoms with E-state index in [1.54, 1.807) is 0 Å². The zero-order valence-electron chi connectivity index (χ0n) is 17.5. The summed E-state index contributed by atoms with van der Waals surface area (Å²) in [6.45, 7) is 12.6. The zero-order chi connectivity index (χ0) is 20.8. The first-order valence-corrected chi connectivity index (χ1v) is 10.5. The Hall–Kier alpha value is -2.22. The van der Waals surface area contributed by atoms with Crippen LogP contribution in [0.3, 0.4) is 0 Å². The van der Waals surface area contributed by atoms with Gasteiger partial charge in [-0.3, -0.25) is 4.79 Å². The molecule has 0 aliphatic heterocycles. The minimum absolute atomic E-state index is 0.0565. The van der Waals surface area contributed by atoms with Crippen LogP contribution in [0.15, 0.2) is 29.4 Å². The molecular formula is C20H31N5O2S. The average Bonchev–Trinajstić information content (AvgIpc) is 2.97. The lowest BCUT2D eigenvalue weighted by molar-refractivity contribution is -0.131. The average molecular weight is 406 g/mol. The van der Waals surface area contributed by atoms with E-state index >= 15 is 0 Å². The summed E-state index contributed by atoms with van der Waals surface area (Å²) in [4.78, 5) is 14.3. The molecule has 28 heavy (non-hydrogen) atoms. The van der Waals surface area contributed by atoms with Gasteiger partial charge in [0.05, 0.1) is 5.75 Å². The second-order valence-corrected chi connectivity index (χ2v) is 8.50. The van der Waals surface area contributed by atoms with Gasteiger partial charge in [0.1, 0.15) is 12.4 Å². The molecule has 0 saturated heterocycles. The summed E-state index contributed by atoms with van der Waals surface area (Å²) in [7, 11) is 0. The van der Waals surface area contributed by atoms with Crippen LogP contribution < -0.4 is 10.6 Å². The predicted octanol–water partition coefficient (Wildman–Crippen LogP) is 3.43. The van der Waals surface area contributed by atoms with Crippen molar-refractivity contribution in [2.24, 2.45) is 0 Å². The number of nitrogen functional groups attached to an aromatic ring is 1. The van der Waals surface area contributed by atoms with Crippen molar-refractivity contribution >= 4 is 17.7 Å². The largest absolute Gasteiger partial charge is 0.486 e. The van der Waals surface area contributed by atoms with Gasteiger partial charge >= 0.3 is 0 Å². The summed E-state index contributed by atoms with van der Waals surface area (Å²) < 4.78 is 7.14. The zero-order valence-corrected chi connectivity index (χ0v) is 18.4. The fraction of sp³-hybridized carbons (Fsp3) is 0.550. The Morgan fingerprint density at radius 3 is 2.25 bits per heavy atom. The third-order valence-electron chi connectivity index (χ3n) is 4.38. The molecule has 0 bridgehead atoms. The van der Waals surface area contributed by atoms with Crippen LogP contribution in [0.5, 0.6) is 5.75 Å². The number of nitrogens with zero attached hydrogens (tertiary/aromatic N) is 4. The maximum atomic E-state index is 12.5. The number of carbonyl (C=O) groups is 1. The van der Waals surface area contributed by atoms with Crippen LogP contribution in [0, 0.1) is 0 Å². The molecule has 2 aromatic rings. The summed E-state index contributed by atoms with van der Waals surface area (Å²) >= 11 is 1.28. The predicted molar refractivity (Wildman–Crippen MR) is 113 cm³/mol. The number of ether oxygens (including phenoxy) is 1. The molecule has 2 N–H and O–H groups in total. The number of aromatic nitrogens is 3. The molecule has 1 aromatic carbocycles. The van der Waals surface area contributed by atoms with Crippen molar-refractivity contribution in [2.75, 3.05) is 11.6 Å². The first kappa shape index (κ1) is 22.1. The number of rotatable bonds is 9. The van der Waals surface area contributed by atoms with Crippen LogP contribution in [0.2, 0.25) is 0 Å². The molecule has 0 aliphatic carbocycles. The molecule has 0 spiro atoms. The molecule has 0 unspecified atom stereocenters. The van der Waals surface area contributed by atoms with Crippen molar-refractivity contribution in [2.45, 2.75) is 71.3 Å². The van der Waals surface area contributed by atoms with Crippen LogP contribution in [-0.4, -0.2) is 43.5 Å². The van der Waals surface area contributed by atoms with Gasteiger partial charge in [0.15, 0.2) is 5.82 Å². The van der Waals surface area contributed by atoms with Crippen molar-refractivity contribution in [3.8, 4) is 5.75 Å². The summed E-state index contributed by atoms with van der Waals surface area (Å²) in [5.41, 5.74) is 1.26. The van der Waals surface area contributed by atoms with E-state index < -0.39 is 0 Å². The molecule has 0 radical (unpaired) electrons. The molecule has 1 amide bonds. The van der Waals surface area contributed by atoms with Gasteiger partial charge in [-0.2, -0.15) is 0 Å². The second kappa shape index (κ2) is 9.82. The maximum absolute atomic E-state index is 12.5. The number of hydrogen-bond donors (Lipinski definition) is 1. The first-order chi connectivity index (χ1) is 13.2. The summed E-state index contributed by atoms with van der Waals surface area (Å²) in [6, 6.07) is 8.27. The molecule has 0 atom stereocenters. The molecule has 2 rings (SSSR count). The highest BCUT2D eigenvalue weighted by atomic mass is 32.2. The Morgan fingerprint density at radius 2 is 1.71 bits per heavy atom. The van der Waals surface area contributed by atoms with Gasteiger partial charge in [-0.25, -0.2) is 4.68 Å². The highest BCUT2D eigenvalue weighted by molar-refractivity contribution is 7.99. The lowest BCUT2D eigenvalue weighted by Crippen LogP contribution is -2.43. The van der Waals surface area contributed by atoms with Crippen LogP contribution in [-0.2, 0) is 11.4 Å². The van der Waals surface area contributed by atoms with Crippen LogP contribution in [0.25, 0.3) is 0 Å². The third kappa shape index (κ3) is 5.64. The van der Waals surface area contributed by atoms with E-state index in [-0.39, 0.29) is 30.4 Å². The highest BCUT2D eigenvalue weighted by Gasteiger charge is 2.21. The first-order valence-electron chi connectivity index (χ1n) is 9.56. The molecule has 7 nitrogen and oxygen atoms in total. The van der Waals surface area contributed by atoms with E-state index in [0.717, 1.165) is 5.75 Å². The Morgan fingerprint density at radius 1 is 1.11 bits per heavy atom. The van der Waals surface area contributed by atoms with E-state index in [2.05, 4.69) is 36.2 Å². The smallest absolute Gasteiger partial charge is 0.233 e. The Labute approximate surface area is 171 Å². The van der Waals surface area contributed by atoms with Crippen LogP contribution in [0.1, 0.15) is 58.8 Å². The summed E-state index contributed by atoms with van der Waals surface area (Å²) in [5, 5.41) is 8.67.